The lowest BCUT2D eigenvalue weighted by molar-refractivity contribution is 0.0575. The standard InChI is InChI=1S/C19H27N3O3/c1-13-5-4-6-14(2)18(13)24-12-17(23)11-22-9-7-16(8-10-22)19-20-15(3)21-25-19/h4-6,16-17,23H,7-12H2,1-3H3. The molecule has 6 nitrogen and oxygen atoms in total. The number of rotatable bonds is 6. The van der Waals surface area contributed by atoms with E-state index in [0.29, 0.717) is 24.9 Å². The maximum absolute atomic E-state index is 10.3. The van der Waals surface area contributed by atoms with Crippen molar-refractivity contribution >= 4 is 0 Å². The molecule has 1 N–H and O–H groups in total. The van der Waals surface area contributed by atoms with E-state index in [4.69, 9.17) is 9.26 Å². The quantitative estimate of drug-likeness (QED) is 0.868. The molecule has 1 aromatic heterocycles. The van der Waals surface area contributed by atoms with E-state index in [1.165, 1.54) is 0 Å². The van der Waals surface area contributed by atoms with Crippen molar-refractivity contribution in [3.8, 4) is 5.75 Å². The van der Waals surface area contributed by atoms with Crippen LogP contribution in [0.1, 0.15) is 41.6 Å². The van der Waals surface area contributed by atoms with E-state index in [-0.39, 0.29) is 0 Å². The van der Waals surface area contributed by atoms with E-state index in [1.807, 2.05) is 39.0 Å². The van der Waals surface area contributed by atoms with Crippen LogP contribution in [-0.4, -0.2) is 52.5 Å². The summed E-state index contributed by atoms with van der Waals surface area (Å²) < 4.78 is 11.1. The summed E-state index contributed by atoms with van der Waals surface area (Å²) in [6, 6.07) is 6.07. The van der Waals surface area contributed by atoms with E-state index >= 15 is 0 Å². The lowest BCUT2D eigenvalue weighted by Gasteiger charge is -2.31. The monoisotopic (exact) mass is 345 g/mol. The Kier molecular flexibility index (Phi) is 5.71. The van der Waals surface area contributed by atoms with Crippen LogP contribution >= 0.6 is 0 Å². The van der Waals surface area contributed by atoms with Gasteiger partial charge in [-0.3, -0.25) is 0 Å². The average Bonchev–Trinajstić information content (AvgIpc) is 3.01. The highest BCUT2D eigenvalue weighted by Gasteiger charge is 2.26. The smallest absolute Gasteiger partial charge is 0.229 e. The SMILES string of the molecule is Cc1noc(C2CCN(CC(O)COc3c(C)cccc3C)CC2)n1. The Morgan fingerprint density at radius 1 is 1.24 bits per heavy atom. The third-order valence-corrected chi connectivity index (χ3v) is 4.78. The largest absolute Gasteiger partial charge is 0.490 e. The number of β-amino-alcohol motifs (C(OH)–C–C–N with tert-alkyl or cyclic N) is 1. The molecule has 1 atom stereocenters. The minimum absolute atomic E-state index is 0.314. The van der Waals surface area contributed by atoms with Crippen LogP contribution < -0.4 is 4.74 Å². The van der Waals surface area contributed by atoms with Crippen molar-refractivity contribution in [1.82, 2.24) is 15.0 Å². The number of nitrogens with zero attached hydrogens (tertiary/aromatic N) is 3. The van der Waals surface area contributed by atoms with Crippen molar-refractivity contribution in [2.45, 2.75) is 45.6 Å². The number of ether oxygens (including phenoxy) is 1. The second kappa shape index (κ2) is 7.97. The van der Waals surface area contributed by atoms with Crippen LogP contribution in [0.4, 0.5) is 0 Å². The molecule has 0 radical (unpaired) electrons. The van der Waals surface area contributed by atoms with Gasteiger partial charge in [-0.1, -0.05) is 23.4 Å². The number of hydrogen-bond donors (Lipinski definition) is 1. The first-order chi connectivity index (χ1) is 12.0. The molecule has 0 aliphatic carbocycles. The van der Waals surface area contributed by atoms with Crippen molar-refractivity contribution in [3.63, 3.8) is 0 Å². The summed E-state index contributed by atoms with van der Waals surface area (Å²) in [6.45, 7) is 8.68. The molecule has 0 amide bonds. The predicted molar refractivity (Wildman–Crippen MR) is 94.9 cm³/mol. The zero-order valence-corrected chi connectivity index (χ0v) is 15.2. The number of piperidine rings is 1. The summed E-state index contributed by atoms with van der Waals surface area (Å²) in [5.41, 5.74) is 2.20. The zero-order valence-electron chi connectivity index (χ0n) is 15.2. The number of aliphatic hydroxyl groups is 1. The highest BCUT2D eigenvalue weighted by atomic mass is 16.5. The summed E-state index contributed by atoms with van der Waals surface area (Å²) in [7, 11) is 0. The van der Waals surface area contributed by atoms with Crippen LogP contribution in [0.5, 0.6) is 5.75 Å². The fourth-order valence-electron chi connectivity index (χ4n) is 3.40. The summed E-state index contributed by atoms with van der Waals surface area (Å²) in [5, 5.41) is 14.2. The van der Waals surface area contributed by atoms with Gasteiger partial charge in [-0.2, -0.15) is 4.98 Å². The lowest BCUT2D eigenvalue weighted by atomic mass is 9.96. The molecule has 0 saturated carbocycles. The van der Waals surface area contributed by atoms with Crippen LogP contribution in [0.2, 0.25) is 0 Å². The minimum Gasteiger partial charge on any atom is -0.490 e. The molecule has 6 heteroatoms. The second-order valence-electron chi connectivity index (χ2n) is 6.94. The Labute approximate surface area is 148 Å². The highest BCUT2D eigenvalue weighted by Crippen LogP contribution is 2.27. The molecule has 1 fully saturated rings. The van der Waals surface area contributed by atoms with Crippen molar-refractivity contribution in [2.24, 2.45) is 0 Å². The second-order valence-corrected chi connectivity index (χ2v) is 6.94. The Bertz CT molecular complexity index is 673. The van der Waals surface area contributed by atoms with Gasteiger partial charge in [-0.25, -0.2) is 0 Å². The predicted octanol–water partition coefficient (Wildman–Crippen LogP) is 2.61. The topological polar surface area (TPSA) is 71.6 Å². The van der Waals surface area contributed by atoms with Gasteiger partial charge in [0.25, 0.3) is 0 Å². The van der Waals surface area contributed by atoms with Gasteiger partial charge in [0, 0.05) is 12.5 Å². The molecule has 1 aliphatic heterocycles. The van der Waals surface area contributed by atoms with E-state index in [2.05, 4.69) is 15.0 Å². The number of benzene rings is 1. The number of para-hydroxylation sites is 1. The van der Waals surface area contributed by atoms with Crippen molar-refractivity contribution in [1.29, 1.82) is 0 Å². The van der Waals surface area contributed by atoms with Gasteiger partial charge in [0.05, 0.1) is 0 Å². The van der Waals surface area contributed by atoms with E-state index in [1.54, 1.807) is 0 Å². The third-order valence-electron chi connectivity index (χ3n) is 4.78. The molecular weight excluding hydrogens is 318 g/mol. The molecule has 1 unspecified atom stereocenters. The molecule has 0 spiro atoms. The van der Waals surface area contributed by atoms with Crippen molar-refractivity contribution in [3.05, 3.63) is 41.0 Å². The Hall–Kier alpha value is -1.92. The minimum atomic E-state index is -0.499. The van der Waals surface area contributed by atoms with Gasteiger partial charge in [0.1, 0.15) is 18.5 Å². The number of aliphatic hydroxyl groups excluding tert-OH is 1. The first-order valence-electron chi connectivity index (χ1n) is 8.92. The number of likely N-dealkylation sites (tertiary alicyclic amines) is 1. The van der Waals surface area contributed by atoms with Gasteiger partial charge in [0.2, 0.25) is 5.89 Å². The van der Waals surface area contributed by atoms with Gasteiger partial charge < -0.3 is 19.3 Å². The molecule has 25 heavy (non-hydrogen) atoms. The summed E-state index contributed by atoms with van der Waals surface area (Å²) in [5.74, 6) is 2.65. The van der Waals surface area contributed by atoms with Gasteiger partial charge in [-0.05, 0) is 57.8 Å². The molecule has 1 aromatic carbocycles. The lowest BCUT2D eigenvalue weighted by Crippen LogP contribution is -2.40. The molecule has 136 valence electrons. The Morgan fingerprint density at radius 2 is 1.92 bits per heavy atom. The first-order valence-corrected chi connectivity index (χ1v) is 8.92. The van der Waals surface area contributed by atoms with Gasteiger partial charge in [-0.15, -0.1) is 0 Å². The molecule has 1 aliphatic rings. The number of hydrogen-bond acceptors (Lipinski definition) is 6. The van der Waals surface area contributed by atoms with Crippen LogP contribution in [0.3, 0.4) is 0 Å². The Balaban J connectivity index is 1.44. The van der Waals surface area contributed by atoms with Crippen molar-refractivity contribution < 1.29 is 14.4 Å². The molecular formula is C19H27N3O3. The fourth-order valence-corrected chi connectivity index (χ4v) is 3.40. The Morgan fingerprint density at radius 3 is 2.52 bits per heavy atom. The molecule has 3 rings (SSSR count). The third kappa shape index (κ3) is 4.58. The number of aryl methyl sites for hydroxylation is 3. The van der Waals surface area contributed by atoms with Gasteiger partial charge >= 0.3 is 0 Å². The summed E-state index contributed by atoms with van der Waals surface area (Å²) >= 11 is 0. The zero-order chi connectivity index (χ0) is 17.8. The van der Waals surface area contributed by atoms with Crippen LogP contribution in [0.15, 0.2) is 22.7 Å². The number of aromatic nitrogens is 2. The van der Waals surface area contributed by atoms with E-state index in [0.717, 1.165) is 48.7 Å². The van der Waals surface area contributed by atoms with Crippen molar-refractivity contribution in [2.75, 3.05) is 26.2 Å². The maximum Gasteiger partial charge on any atom is 0.229 e. The van der Waals surface area contributed by atoms with E-state index in [9.17, 15) is 5.11 Å². The molecule has 2 heterocycles. The van der Waals surface area contributed by atoms with Crippen LogP contribution in [-0.2, 0) is 0 Å². The maximum atomic E-state index is 10.3. The van der Waals surface area contributed by atoms with Gasteiger partial charge in [0.15, 0.2) is 5.82 Å². The molecule has 2 aromatic rings. The average molecular weight is 345 g/mol. The molecule has 0 bridgehead atoms. The normalized spacial score (nSPS) is 17.6. The highest BCUT2D eigenvalue weighted by molar-refractivity contribution is 5.39. The summed E-state index contributed by atoms with van der Waals surface area (Å²) in [6.07, 6.45) is 1.46. The fraction of sp³-hybridized carbons (Fsp3) is 0.579. The first kappa shape index (κ1) is 17.9. The van der Waals surface area contributed by atoms with Crippen LogP contribution in [0.25, 0.3) is 0 Å². The van der Waals surface area contributed by atoms with Crippen LogP contribution in [0, 0.1) is 20.8 Å². The molecule has 1 saturated heterocycles. The summed E-state index contributed by atoms with van der Waals surface area (Å²) in [4.78, 5) is 6.61. The van der Waals surface area contributed by atoms with E-state index < -0.39 is 6.10 Å².